The molecule has 112 valence electrons. The van der Waals surface area contributed by atoms with Gasteiger partial charge in [0.25, 0.3) is 0 Å². The molecule has 0 unspecified atom stereocenters. The van der Waals surface area contributed by atoms with Gasteiger partial charge in [-0.15, -0.1) is 0 Å². The van der Waals surface area contributed by atoms with E-state index in [1.165, 1.54) is 0 Å². The molecule has 0 amide bonds. The minimum absolute atomic E-state index is 0.0473. The number of hydrogen-bond acceptors (Lipinski definition) is 6. The van der Waals surface area contributed by atoms with E-state index < -0.39 is 11.6 Å². The van der Waals surface area contributed by atoms with Crippen molar-refractivity contribution >= 4 is 39.5 Å². The van der Waals surface area contributed by atoms with Crippen molar-refractivity contribution < 1.29 is 8.78 Å². The van der Waals surface area contributed by atoms with Crippen LogP contribution >= 0.6 is 15.9 Å². The van der Waals surface area contributed by atoms with Crippen molar-refractivity contribution in [3.63, 3.8) is 0 Å². The standard InChI is InChI=1S/C12H13BrF2N6/c1-16-10-18-11(20-12(19-10)21(2)3)17-9-5-7(14)6(13)4-8(9)15/h4-5H,1-3H3,(H2,16,17,18,19,20). The molecule has 1 aromatic carbocycles. The second-order valence-electron chi connectivity index (χ2n) is 4.30. The van der Waals surface area contributed by atoms with Crippen molar-refractivity contribution in [2.45, 2.75) is 0 Å². The summed E-state index contributed by atoms with van der Waals surface area (Å²) in [6.45, 7) is 0. The molecule has 0 saturated heterocycles. The molecular formula is C12H13BrF2N6. The van der Waals surface area contributed by atoms with Crippen molar-refractivity contribution in [3.8, 4) is 0 Å². The first-order valence-corrected chi connectivity index (χ1v) is 6.72. The minimum atomic E-state index is -0.624. The molecule has 2 rings (SSSR count). The average Bonchev–Trinajstić information content (AvgIpc) is 2.44. The van der Waals surface area contributed by atoms with Crippen LogP contribution in [0.2, 0.25) is 0 Å². The van der Waals surface area contributed by atoms with Gasteiger partial charge in [0.1, 0.15) is 11.6 Å². The van der Waals surface area contributed by atoms with Crippen LogP contribution in [0.1, 0.15) is 0 Å². The van der Waals surface area contributed by atoms with Gasteiger partial charge in [0.05, 0.1) is 10.2 Å². The molecule has 0 fully saturated rings. The monoisotopic (exact) mass is 358 g/mol. The predicted octanol–water partition coefficient (Wildman–Crippen LogP) is 2.76. The lowest BCUT2D eigenvalue weighted by atomic mass is 10.3. The molecule has 0 saturated carbocycles. The molecule has 0 atom stereocenters. The van der Waals surface area contributed by atoms with Gasteiger partial charge in [-0.1, -0.05) is 0 Å². The Morgan fingerprint density at radius 1 is 1.05 bits per heavy atom. The van der Waals surface area contributed by atoms with Crippen LogP contribution in [0.25, 0.3) is 0 Å². The van der Waals surface area contributed by atoms with E-state index in [0.717, 1.165) is 12.1 Å². The Morgan fingerprint density at radius 3 is 2.33 bits per heavy atom. The lowest BCUT2D eigenvalue weighted by Gasteiger charge is -2.13. The highest BCUT2D eigenvalue weighted by Gasteiger charge is 2.12. The Labute approximate surface area is 128 Å². The van der Waals surface area contributed by atoms with E-state index in [9.17, 15) is 8.78 Å². The quantitative estimate of drug-likeness (QED) is 0.819. The molecule has 0 aliphatic heterocycles. The van der Waals surface area contributed by atoms with Crippen LogP contribution in [-0.4, -0.2) is 36.1 Å². The summed E-state index contributed by atoms with van der Waals surface area (Å²) in [5.74, 6) is -0.404. The molecule has 0 bridgehead atoms. The molecule has 1 aromatic heterocycles. The predicted molar refractivity (Wildman–Crippen MR) is 81.0 cm³/mol. The summed E-state index contributed by atoms with van der Waals surface area (Å²) in [6.07, 6.45) is 0. The summed E-state index contributed by atoms with van der Waals surface area (Å²) in [7, 11) is 5.18. The van der Waals surface area contributed by atoms with E-state index in [1.54, 1.807) is 26.0 Å². The highest BCUT2D eigenvalue weighted by molar-refractivity contribution is 9.10. The van der Waals surface area contributed by atoms with E-state index in [1.807, 2.05) is 0 Å². The SMILES string of the molecule is CNc1nc(Nc2cc(F)c(Br)cc2F)nc(N(C)C)n1. The van der Waals surface area contributed by atoms with Crippen molar-refractivity contribution in [2.24, 2.45) is 0 Å². The van der Waals surface area contributed by atoms with E-state index in [-0.39, 0.29) is 16.1 Å². The number of nitrogens with zero attached hydrogens (tertiary/aromatic N) is 4. The first-order valence-electron chi connectivity index (χ1n) is 5.93. The number of anilines is 4. The minimum Gasteiger partial charge on any atom is -0.357 e. The maximum atomic E-state index is 13.8. The number of rotatable bonds is 4. The van der Waals surface area contributed by atoms with Crippen molar-refractivity contribution in [1.29, 1.82) is 0 Å². The van der Waals surface area contributed by atoms with Crippen LogP contribution in [0.4, 0.5) is 32.3 Å². The lowest BCUT2D eigenvalue weighted by molar-refractivity contribution is 0.597. The highest BCUT2D eigenvalue weighted by atomic mass is 79.9. The second kappa shape index (κ2) is 6.17. The number of aromatic nitrogens is 3. The molecule has 21 heavy (non-hydrogen) atoms. The van der Waals surface area contributed by atoms with Gasteiger partial charge in [-0.2, -0.15) is 15.0 Å². The van der Waals surface area contributed by atoms with Crippen LogP contribution < -0.4 is 15.5 Å². The topological polar surface area (TPSA) is 66.0 Å². The number of halogens is 3. The Balaban J connectivity index is 2.39. The van der Waals surface area contributed by atoms with Crippen molar-refractivity contribution in [3.05, 3.63) is 28.2 Å². The normalized spacial score (nSPS) is 10.4. The fraction of sp³-hybridized carbons (Fsp3) is 0.250. The maximum Gasteiger partial charge on any atom is 0.233 e. The van der Waals surface area contributed by atoms with Gasteiger partial charge in [0.15, 0.2) is 0 Å². The number of nitrogens with one attached hydrogen (secondary N) is 2. The Kier molecular flexibility index (Phi) is 4.51. The van der Waals surface area contributed by atoms with Crippen LogP contribution in [0.5, 0.6) is 0 Å². The largest absolute Gasteiger partial charge is 0.357 e. The molecule has 0 radical (unpaired) electrons. The van der Waals surface area contributed by atoms with Gasteiger partial charge < -0.3 is 15.5 Å². The van der Waals surface area contributed by atoms with Crippen molar-refractivity contribution in [1.82, 2.24) is 15.0 Å². The van der Waals surface area contributed by atoms with E-state index in [2.05, 4.69) is 41.5 Å². The van der Waals surface area contributed by atoms with Gasteiger partial charge in [0.2, 0.25) is 17.8 Å². The molecule has 0 spiro atoms. The molecule has 1 heterocycles. The van der Waals surface area contributed by atoms with E-state index in [4.69, 9.17) is 0 Å². The van der Waals surface area contributed by atoms with E-state index >= 15 is 0 Å². The summed E-state index contributed by atoms with van der Waals surface area (Å²) in [4.78, 5) is 14.0. The highest BCUT2D eigenvalue weighted by Crippen LogP contribution is 2.25. The van der Waals surface area contributed by atoms with Crippen LogP contribution in [0.15, 0.2) is 16.6 Å². The second-order valence-corrected chi connectivity index (χ2v) is 5.15. The molecule has 2 aromatic rings. The zero-order chi connectivity index (χ0) is 15.6. The molecule has 0 aliphatic carbocycles. The van der Waals surface area contributed by atoms with Crippen LogP contribution in [0.3, 0.4) is 0 Å². The summed E-state index contributed by atoms with van der Waals surface area (Å²) in [6, 6.07) is 2.06. The lowest BCUT2D eigenvalue weighted by Crippen LogP contribution is -2.16. The Bertz CT molecular complexity index is 664. The third kappa shape index (κ3) is 3.54. The Morgan fingerprint density at radius 2 is 1.71 bits per heavy atom. The first-order chi connectivity index (χ1) is 9.90. The third-order valence-electron chi connectivity index (χ3n) is 2.50. The summed E-state index contributed by atoms with van der Waals surface area (Å²) < 4.78 is 27.3. The van der Waals surface area contributed by atoms with E-state index in [0.29, 0.717) is 11.9 Å². The smallest absolute Gasteiger partial charge is 0.233 e. The zero-order valence-electron chi connectivity index (χ0n) is 11.6. The average molecular weight is 359 g/mol. The summed E-state index contributed by atoms with van der Waals surface area (Å²) >= 11 is 2.92. The number of benzene rings is 1. The van der Waals surface area contributed by atoms with Gasteiger partial charge in [-0.25, -0.2) is 8.78 Å². The van der Waals surface area contributed by atoms with Gasteiger partial charge in [-0.05, 0) is 22.0 Å². The molecule has 6 nitrogen and oxygen atoms in total. The zero-order valence-corrected chi connectivity index (χ0v) is 13.2. The third-order valence-corrected chi connectivity index (χ3v) is 3.11. The Hall–Kier alpha value is -2.03. The summed E-state index contributed by atoms with van der Waals surface area (Å²) in [5.41, 5.74) is -0.0614. The number of hydrogen-bond donors (Lipinski definition) is 2. The molecule has 2 N–H and O–H groups in total. The van der Waals surface area contributed by atoms with Gasteiger partial charge >= 0.3 is 0 Å². The first kappa shape index (κ1) is 15.4. The molecule has 0 aliphatic rings. The molecule has 9 heteroatoms. The van der Waals surface area contributed by atoms with Crippen LogP contribution in [-0.2, 0) is 0 Å². The van der Waals surface area contributed by atoms with Gasteiger partial charge in [-0.3, -0.25) is 0 Å². The fourth-order valence-corrected chi connectivity index (χ4v) is 1.79. The molecular weight excluding hydrogens is 346 g/mol. The van der Waals surface area contributed by atoms with Crippen LogP contribution in [0, 0.1) is 11.6 Å². The fourth-order valence-electron chi connectivity index (χ4n) is 1.47. The van der Waals surface area contributed by atoms with Crippen molar-refractivity contribution in [2.75, 3.05) is 36.7 Å². The summed E-state index contributed by atoms with van der Waals surface area (Å²) in [5, 5.41) is 5.42. The van der Waals surface area contributed by atoms with Gasteiger partial charge in [0, 0.05) is 27.2 Å². The maximum absolute atomic E-state index is 13.8.